The van der Waals surface area contributed by atoms with Crippen molar-refractivity contribution in [1.82, 2.24) is 4.98 Å². The lowest BCUT2D eigenvalue weighted by Crippen LogP contribution is -2.13. The van der Waals surface area contributed by atoms with Gasteiger partial charge in [-0.1, -0.05) is 13.8 Å². The van der Waals surface area contributed by atoms with Gasteiger partial charge in [0.1, 0.15) is 0 Å². The van der Waals surface area contributed by atoms with Gasteiger partial charge < -0.3 is 4.74 Å². The van der Waals surface area contributed by atoms with Crippen LogP contribution in [-0.4, -0.2) is 17.6 Å². The van der Waals surface area contributed by atoms with Gasteiger partial charge in [0.15, 0.2) is 0 Å². The van der Waals surface area contributed by atoms with E-state index in [0.29, 0.717) is 13.0 Å². The predicted octanol–water partition coefficient (Wildman–Crippen LogP) is 2.19. The van der Waals surface area contributed by atoms with E-state index in [1.54, 1.807) is 11.3 Å². The maximum absolute atomic E-state index is 11.1. The number of esters is 1. The Balaban J connectivity index is 2.29. The quantitative estimate of drug-likeness (QED) is 0.720. The Morgan fingerprint density at radius 2 is 2.36 bits per heavy atom. The molecule has 0 N–H and O–H groups in total. The number of carbonyl (C=O) groups is 1. The minimum Gasteiger partial charge on any atom is -0.465 e. The van der Waals surface area contributed by atoms with E-state index in [4.69, 9.17) is 4.74 Å². The SMILES string of the molecule is Cc1scnc1CCOC(=O)C(C)C. The molecule has 14 heavy (non-hydrogen) atoms. The molecule has 1 heterocycles. The van der Waals surface area contributed by atoms with Gasteiger partial charge in [-0.15, -0.1) is 11.3 Å². The predicted molar refractivity (Wildman–Crippen MR) is 56.4 cm³/mol. The van der Waals surface area contributed by atoms with Gasteiger partial charge in [-0.25, -0.2) is 4.98 Å². The molecule has 3 nitrogen and oxygen atoms in total. The molecule has 0 saturated carbocycles. The number of thiazole rings is 1. The molecule has 1 aromatic rings. The van der Waals surface area contributed by atoms with Crippen LogP contribution in [0.15, 0.2) is 5.51 Å². The van der Waals surface area contributed by atoms with Crippen LogP contribution in [0.3, 0.4) is 0 Å². The summed E-state index contributed by atoms with van der Waals surface area (Å²) < 4.78 is 5.06. The number of aromatic nitrogens is 1. The average molecular weight is 213 g/mol. The Labute approximate surface area is 88.1 Å². The van der Waals surface area contributed by atoms with Crippen molar-refractivity contribution < 1.29 is 9.53 Å². The monoisotopic (exact) mass is 213 g/mol. The summed E-state index contributed by atoms with van der Waals surface area (Å²) in [6.07, 6.45) is 0.716. The molecule has 0 unspecified atom stereocenters. The largest absolute Gasteiger partial charge is 0.465 e. The van der Waals surface area contributed by atoms with Crippen molar-refractivity contribution in [3.05, 3.63) is 16.1 Å². The third-order valence-corrected chi connectivity index (χ3v) is 2.70. The lowest BCUT2D eigenvalue weighted by atomic mass is 10.2. The number of hydrogen-bond donors (Lipinski definition) is 0. The van der Waals surface area contributed by atoms with Gasteiger partial charge in [-0.3, -0.25) is 4.79 Å². The van der Waals surface area contributed by atoms with Gasteiger partial charge in [0.05, 0.1) is 23.7 Å². The first-order chi connectivity index (χ1) is 6.61. The molecule has 0 saturated heterocycles. The highest BCUT2D eigenvalue weighted by Gasteiger charge is 2.08. The molecular formula is C10H15NO2S. The fraction of sp³-hybridized carbons (Fsp3) is 0.600. The summed E-state index contributed by atoms with van der Waals surface area (Å²) in [6.45, 7) is 6.12. The normalized spacial score (nSPS) is 10.6. The van der Waals surface area contributed by atoms with E-state index in [1.165, 1.54) is 4.88 Å². The summed E-state index contributed by atoms with van der Waals surface area (Å²) in [5, 5.41) is 0. The van der Waals surface area contributed by atoms with Crippen molar-refractivity contribution in [3.8, 4) is 0 Å². The van der Waals surface area contributed by atoms with Gasteiger partial charge in [-0.05, 0) is 6.92 Å². The van der Waals surface area contributed by atoms with E-state index in [9.17, 15) is 4.79 Å². The molecule has 0 aliphatic rings. The second-order valence-corrected chi connectivity index (χ2v) is 4.49. The van der Waals surface area contributed by atoms with Crippen molar-refractivity contribution in [3.63, 3.8) is 0 Å². The van der Waals surface area contributed by atoms with Gasteiger partial charge in [-0.2, -0.15) is 0 Å². The molecule has 1 rings (SSSR count). The molecule has 1 aromatic heterocycles. The van der Waals surface area contributed by atoms with Crippen molar-refractivity contribution in [2.24, 2.45) is 5.92 Å². The highest BCUT2D eigenvalue weighted by molar-refractivity contribution is 7.09. The number of aryl methyl sites for hydroxylation is 1. The van der Waals surface area contributed by atoms with Crippen LogP contribution >= 0.6 is 11.3 Å². The third kappa shape index (κ3) is 3.10. The Morgan fingerprint density at radius 1 is 1.64 bits per heavy atom. The highest BCUT2D eigenvalue weighted by atomic mass is 32.1. The lowest BCUT2D eigenvalue weighted by molar-refractivity contribution is -0.147. The Morgan fingerprint density at radius 3 is 2.86 bits per heavy atom. The van der Waals surface area contributed by atoms with E-state index in [2.05, 4.69) is 4.98 Å². The molecule has 0 aliphatic carbocycles. The highest BCUT2D eigenvalue weighted by Crippen LogP contribution is 2.11. The van der Waals surface area contributed by atoms with Crippen molar-refractivity contribution in [1.29, 1.82) is 0 Å². The standard InChI is InChI=1S/C10H15NO2S/c1-7(2)10(12)13-5-4-9-8(3)14-6-11-9/h6-7H,4-5H2,1-3H3. The first-order valence-corrected chi connectivity index (χ1v) is 5.55. The van der Waals surface area contributed by atoms with Crippen LogP contribution in [0.1, 0.15) is 24.4 Å². The first-order valence-electron chi connectivity index (χ1n) is 4.67. The van der Waals surface area contributed by atoms with Gasteiger partial charge in [0.25, 0.3) is 0 Å². The van der Waals surface area contributed by atoms with E-state index in [0.717, 1.165) is 5.69 Å². The Kier molecular flexibility index (Phi) is 4.07. The Bertz CT molecular complexity index is 307. The smallest absolute Gasteiger partial charge is 0.308 e. The van der Waals surface area contributed by atoms with Crippen molar-refractivity contribution in [2.75, 3.05) is 6.61 Å². The van der Waals surface area contributed by atoms with E-state index >= 15 is 0 Å². The molecule has 0 aliphatic heterocycles. The van der Waals surface area contributed by atoms with Crippen molar-refractivity contribution >= 4 is 17.3 Å². The van der Waals surface area contributed by atoms with Crippen LogP contribution in [0.4, 0.5) is 0 Å². The zero-order valence-electron chi connectivity index (χ0n) is 8.74. The number of carbonyl (C=O) groups excluding carboxylic acids is 1. The van der Waals surface area contributed by atoms with Crippen LogP contribution in [0.25, 0.3) is 0 Å². The van der Waals surface area contributed by atoms with Crippen molar-refractivity contribution in [2.45, 2.75) is 27.2 Å². The minimum atomic E-state index is -0.141. The second kappa shape index (κ2) is 5.10. The second-order valence-electron chi connectivity index (χ2n) is 3.43. The molecular weight excluding hydrogens is 198 g/mol. The van der Waals surface area contributed by atoms with Crippen LogP contribution < -0.4 is 0 Å². The maximum atomic E-state index is 11.1. The van der Waals surface area contributed by atoms with Crippen LogP contribution in [0.2, 0.25) is 0 Å². The molecule has 4 heteroatoms. The number of nitrogens with zero attached hydrogens (tertiary/aromatic N) is 1. The molecule has 0 bridgehead atoms. The molecule has 0 atom stereocenters. The van der Waals surface area contributed by atoms with E-state index in [1.807, 2.05) is 26.3 Å². The van der Waals surface area contributed by atoms with Crippen LogP contribution in [0, 0.1) is 12.8 Å². The Hall–Kier alpha value is -0.900. The lowest BCUT2D eigenvalue weighted by Gasteiger charge is -2.05. The summed E-state index contributed by atoms with van der Waals surface area (Å²) >= 11 is 1.62. The van der Waals surface area contributed by atoms with Crippen LogP contribution in [0.5, 0.6) is 0 Å². The molecule has 0 radical (unpaired) electrons. The molecule has 78 valence electrons. The summed E-state index contributed by atoms with van der Waals surface area (Å²) in [6, 6.07) is 0. The third-order valence-electron chi connectivity index (χ3n) is 1.90. The summed E-state index contributed by atoms with van der Waals surface area (Å²) in [4.78, 5) is 16.5. The van der Waals surface area contributed by atoms with Gasteiger partial charge in [0.2, 0.25) is 0 Å². The maximum Gasteiger partial charge on any atom is 0.308 e. The molecule has 0 aromatic carbocycles. The first kappa shape index (κ1) is 11.2. The number of hydrogen-bond acceptors (Lipinski definition) is 4. The molecule has 0 spiro atoms. The zero-order valence-corrected chi connectivity index (χ0v) is 9.56. The zero-order chi connectivity index (χ0) is 10.6. The van der Waals surface area contributed by atoms with E-state index in [-0.39, 0.29) is 11.9 Å². The topological polar surface area (TPSA) is 39.2 Å². The van der Waals surface area contributed by atoms with Gasteiger partial charge >= 0.3 is 5.97 Å². The molecule has 0 amide bonds. The number of ether oxygens (including phenoxy) is 1. The average Bonchev–Trinajstić information content (AvgIpc) is 2.51. The van der Waals surface area contributed by atoms with Gasteiger partial charge in [0, 0.05) is 11.3 Å². The fourth-order valence-electron chi connectivity index (χ4n) is 0.983. The van der Waals surface area contributed by atoms with E-state index < -0.39 is 0 Å². The van der Waals surface area contributed by atoms with Crippen LogP contribution in [-0.2, 0) is 16.0 Å². The minimum absolute atomic E-state index is 0.0495. The number of rotatable bonds is 4. The summed E-state index contributed by atoms with van der Waals surface area (Å²) in [7, 11) is 0. The molecule has 0 fully saturated rings. The fourth-order valence-corrected chi connectivity index (χ4v) is 1.61. The summed E-state index contributed by atoms with van der Waals surface area (Å²) in [5.74, 6) is -0.190. The summed E-state index contributed by atoms with van der Waals surface area (Å²) in [5.41, 5.74) is 2.85.